The van der Waals surface area contributed by atoms with Gasteiger partial charge >= 0.3 is 75.5 Å². The van der Waals surface area contributed by atoms with E-state index in [2.05, 4.69) is 0 Å². The van der Waals surface area contributed by atoms with Gasteiger partial charge in [-0.1, -0.05) is 0 Å². The van der Waals surface area contributed by atoms with E-state index in [1.165, 1.54) is 0 Å². The summed E-state index contributed by atoms with van der Waals surface area (Å²) in [5.74, 6) is -5.98. The molecule has 0 atom stereocenters. The van der Waals surface area contributed by atoms with Crippen molar-refractivity contribution in [2.24, 2.45) is 0 Å². The molecule has 0 saturated heterocycles. The number of carbonyl (C=O) groups is 3. The summed E-state index contributed by atoms with van der Waals surface area (Å²) in [6.45, 7) is 0. The molecule has 0 rings (SSSR count). The average Bonchev–Trinajstić information content (AvgIpc) is 1.82. The van der Waals surface area contributed by atoms with Crippen molar-refractivity contribution in [3.8, 4) is 0 Å². The molecule has 0 aromatic rings. The third-order valence-electron chi connectivity index (χ3n) is 1.25. The Balaban J connectivity index is -0.000000240. The van der Waals surface area contributed by atoms with E-state index in [1.54, 1.807) is 0 Å². The minimum absolute atomic E-state index is 0. The standard InChI is InChI=1S/C6H8O7.2Ca.H2O/c7-3(8)1-6(13,5(11)12)2-4(9)10;;;/h13H,1-2H2,(H,7,8)(H,9,10)(H,11,12);;;1H2/q;2*+2;/p-4. The van der Waals surface area contributed by atoms with Crippen molar-refractivity contribution in [1.82, 2.24) is 0 Å². The Kier molecular flexibility index (Phi) is 17.6. The van der Waals surface area contributed by atoms with E-state index in [0.717, 1.165) is 0 Å². The van der Waals surface area contributed by atoms with Gasteiger partial charge in [0.2, 0.25) is 0 Å². The fourth-order valence-electron chi connectivity index (χ4n) is 0.684. The van der Waals surface area contributed by atoms with Crippen LogP contribution < -0.4 is 15.3 Å². The first-order valence-corrected chi connectivity index (χ1v) is 3.11. The van der Waals surface area contributed by atoms with Crippen LogP contribution in [-0.4, -0.2) is 110 Å². The van der Waals surface area contributed by atoms with Crippen molar-refractivity contribution in [2.45, 2.75) is 18.4 Å². The van der Waals surface area contributed by atoms with E-state index in [4.69, 9.17) is 5.11 Å². The SMILES string of the molecule is O=C([O-])CC(O)(CC(=O)[O-])C(=O)[O-].[Ca+2].[Ca+2].[OH-]. The Bertz CT molecular complexity index is 237. The average molecular weight is 286 g/mol. The van der Waals surface area contributed by atoms with Crippen LogP contribution in [0.15, 0.2) is 0 Å². The molecule has 8 nitrogen and oxygen atoms in total. The van der Waals surface area contributed by atoms with Crippen molar-refractivity contribution < 1.29 is 40.3 Å². The second kappa shape index (κ2) is 11.0. The van der Waals surface area contributed by atoms with Gasteiger partial charge in [-0.15, -0.1) is 0 Å². The van der Waals surface area contributed by atoms with Crippen molar-refractivity contribution in [3.05, 3.63) is 0 Å². The van der Waals surface area contributed by atoms with Crippen LogP contribution in [0.4, 0.5) is 0 Å². The van der Waals surface area contributed by atoms with Gasteiger partial charge in [-0.3, -0.25) is 0 Å². The minimum Gasteiger partial charge on any atom is -0.870 e. The second-order valence-electron chi connectivity index (χ2n) is 2.42. The third kappa shape index (κ3) is 10.0. The molecule has 0 amide bonds. The molecule has 0 aliphatic carbocycles. The Labute approximate surface area is 150 Å². The molecule has 16 heavy (non-hydrogen) atoms. The smallest absolute Gasteiger partial charge is 0.870 e. The van der Waals surface area contributed by atoms with E-state index >= 15 is 0 Å². The van der Waals surface area contributed by atoms with Crippen LogP contribution in [0.5, 0.6) is 0 Å². The third-order valence-corrected chi connectivity index (χ3v) is 1.25. The maximum absolute atomic E-state index is 10.1. The summed E-state index contributed by atoms with van der Waals surface area (Å²) in [5.41, 5.74) is -2.97. The summed E-state index contributed by atoms with van der Waals surface area (Å²) in [7, 11) is 0. The zero-order chi connectivity index (χ0) is 10.6. The Morgan fingerprint density at radius 2 is 1.19 bits per heavy atom. The molecule has 0 heterocycles. The topological polar surface area (TPSA) is 171 Å². The normalized spacial score (nSPS) is 8.81. The number of rotatable bonds is 5. The van der Waals surface area contributed by atoms with Crippen LogP contribution >= 0.6 is 0 Å². The van der Waals surface area contributed by atoms with E-state index in [0.29, 0.717) is 0 Å². The number of aliphatic hydroxyl groups is 1. The van der Waals surface area contributed by atoms with Crippen LogP contribution in [0.25, 0.3) is 0 Å². The largest absolute Gasteiger partial charge is 2.00 e. The maximum Gasteiger partial charge on any atom is 2.00 e. The van der Waals surface area contributed by atoms with Gasteiger partial charge in [0.1, 0.15) is 5.60 Å². The summed E-state index contributed by atoms with van der Waals surface area (Å²) >= 11 is 0. The van der Waals surface area contributed by atoms with Crippen LogP contribution in [0, 0.1) is 0 Å². The van der Waals surface area contributed by atoms with Gasteiger partial charge in [-0.05, 0) is 0 Å². The van der Waals surface area contributed by atoms with Crippen LogP contribution in [0.1, 0.15) is 12.8 Å². The molecule has 0 radical (unpaired) electrons. The molecule has 82 valence electrons. The van der Waals surface area contributed by atoms with E-state index in [9.17, 15) is 29.7 Å². The molecule has 0 aromatic heterocycles. The maximum atomic E-state index is 10.1. The van der Waals surface area contributed by atoms with E-state index in [1.807, 2.05) is 0 Å². The Hall–Kier alpha value is 0.849. The van der Waals surface area contributed by atoms with Crippen LogP contribution in [0.3, 0.4) is 0 Å². The number of carbonyl (C=O) groups excluding carboxylic acids is 3. The van der Waals surface area contributed by atoms with Gasteiger partial charge in [0.15, 0.2) is 0 Å². The molecule has 0 spiro atoms. The molecular weight excluding hydrogens is 280 g/mol. The molecule has 10 heteroatoms. The Morgan fingerprint density at radius 1 is 0.938 bits per heavy atom. The molecule has 0 aliphatic heterocycles. The summed E-state index contributed by atoms with van der Waals surface area (Å²) < 4.78 is 0. The van der Waals surface area contributed by atoms with Gasteiger partial charge < -0.3 is 40.3 Å². The van der Waals surface area contributed by atoms with Crippen LogP contribution in [-0.2, 0) is 14.4 Å². The predicted octanol–water partition coefficient (Wildman–Crippen LogP) is -6.19. The molecule has 0 aliphatic rings. The van der Waals surface area contributed by atoms with Gasteiger partial charge in [-0.25, -0.2) is 0 Å². The molecule has 0 bridgehead atoms. The fraction of sp³-hybridized carbons (Fsp3) is 0.500. The van der Waals surface area contributed by atoms with Crippen molar-refractivity contribution in [2.75, 3.05) is 0 Å². The van der Waals surface area contributed by atoms with Crippen molar-refractivity contribution >= 4 is 93.4 Å². The number of carboxylic acids is 3. The monoisotopic (exact) mass is 286 g/mol. The van der Waals surface area contributed by atoms with E-state index in [-0.39, 0.29) is 81.0 Å². The molecule has 0 fully saturated rings. The van der Waals surface area contributed by atoms with Gasteiger partial charge in [0.05, 0.1) is 5.97 Å². The van der Waals surface area contributed by atoms with Crippen molar-refractivity contribution in [1.29, 1.82) is 0 Å². The van der Waals surface area contributed by atoms with Crippen LogP contribution in [0.2, 0.25) is 0 Å². The molecule has 0 unspecified atom stereocenters. The first-order valence-electron chi connectivity index (χ1n) is 3.11. The zero-order valence-electron chi connectivity index (χ0n) is 8.17. The summed E-state index contributed by atoms with van der Waals surface area (Å²) in [6, 6.07) is 0. The van der Waals surface area contributed by atoms with Gasteiger partial charge in [-0.2, -0.15) is 0 Å². The summed E-state index contributed by atoms with van der Waals surface area (Å²) in [6.07, 6.45) is -2.72. The second-order valence-corrected chi connectivity index (χ2v) is 2.42. The Morgan fingerprint density at radius 3 is 1.31 bits per heavy atom. The molecule has 0 saturated carbocycles. The molecular formula is C6H6Ca2O8. The van der Waals surface area contributed by atoms with Gasteiger partial charge in [0, 0.05) is 24.8 Å². The number of aliphatic carboxylic acids is 3. The van der Waals surface area contributed by atoms with Crippen molar-refractivity contribution in [3.63, 3.8) is 0 Å². The quantitative estimate of drug-likeness (QED) is 0.486. The first-order chi connectivity index (χ1) is 5.78. The number of hydrogen-bond donors (Lipinski definition) is 1. The first kappa shape index (κ1) is 25.6. The van der Waals surface area contributed by atoms with E-state index < -0.39 is 36.4 Å². The number of hydrogen-bond acceptors (Lipinski definition) is 8. The summed E-state index contributed by atoms with van der Waals surface area (Å²) in [4.78, 5) is 30.0. The summed E-state index contributed by atoms with van der Waals surface area (Å²) in [5, 5.41) is 38.9. The molecule has 0 aromatic carbocycles. The van der Waals surface area contributed by atoms with Gasteiger partial charge in [0.25, 0.3) is 0 Å². The minimum atomic E-state index is -2.97. The zero-order valence-corrected chi connectivity index (χ0v) is 12.6. The number of carboxylic acid groups (broad SMARTS) is 3. The predicted molar refractivity (Wildman–Crippen MR) is 42.6 cm³/mol. The molecule has 2 N–H and O–H groups in total. The fourth-order valence-corrected chi connectivity index (χ4v) is 0.684.